The number of hydrogen-bond donors (Lipinski definition) is 0. The first-order valence-electron chi connectivity index (χ1n) is 10.6. The third kappa shape index (κ3) is 3.23. The molecule has 2 fully saturated rings. The number of benzene rings is 1. The molecule has 5 rings (SSSR count). The van der Waals surface area contributed by atoms with Gasteiger partial charge in [0.1, 0.15) is 6.04 Å². The molecule has 2 saturated heterocycles. The Balaban J connectivity index is 1.59. The Labute approximate surface area is 182 Å². The molecule has 3 atom stereocenters. The molecule has 0 bridgehead atoms. The maximum Gasteiger partial charge on any atom is 0.160 e. The smallest absolute Gasteiger partial charge is 0.160 e. The summed E-state index contributed by atoms with van der Waals surface area (Å²) in [6.07, 6.45) is 5.51. The van der Waals surface area contributed by atoms with Gasteiger partial charge in [0.15, 0.2) is 5.17 Å². The van der Waals surface area contributed by atoms with E-state index in [4.69, 9.17) is 16.6 Å². The number of aliphatic imine (C=N–C) groups is 1. The highest BCUT2D eigenvalue weighted by molar-refractivity contribution is 8.14. The molecular weight excluding hydrogens is 400 g/mol. The second-order valence-electron chi connectivity index (χ2n) is 8.14. The van der Waals surface area contributed by atoms with Gasteiger partial charge < -0.3 is 9.80 Å². The van der Waals surface area contributed by atoms with E-state index in [-0.39, 0.29) is 12.1 Å². The number of rotatable bonds is 4. The Bertz CT molecular complexity index is 926. The SMILES string of the molecule is CCC1CSC2=NC(c3ccccn3)C(c3ccc(N4CCCC4)c(C)c3Cl)N21. The molecule has 0 radical (unpaired) electrons. The van der Waals surface area contributed by atoms with E-state index in [9.17, 15) is 0 Å². The van der Waals surface area contributed by atoms with Crippen LogP contribution < -0.4 is 4.90 Å². The zero-order valence-electron chi connectivity index (χ0n) is 17.0. The van der Waals surface area contributed by atoms with E-state index in [0.717, 1.165) is 41.1 Å². The van der Waals surface area contributed by atoms with E-state index in [0.29, 0.717) is 6.04 Å². The average Bonchev–Trinajstić information content (AvgIpc) is 3.47. The minimum Gasteiger partial charge on any atom is -0.371 e. The van der Waals surface area contributed by atoms with Crippen LogP contribution in [0.3, 0.4) is 0 Å². The maximum absolute atomic E-state index is 7.06. The number of nitrogens with zero attached hydrogens (tertiary/aromatic N) is 4. The zero-order valence-corrected chi connectivity index (χ0v) is 18.6. The number of amidine groups is 1. The van der Waals surface area contributed by atoms with Gasteiger partial charge in [-0.25, -0.2) is 0 Å². The van der Waals surface area contributed by atoms with Gasteiger partial charge in [-0.15, -0.1) is 0 Å². The van der Waals surface area contributed by atoms with Gasteiger partial charge in [0.25, 0.3) is 0 Å². The van der Waals surface area contributed by atoms with Gasteiger partial charge in [0.05, 0.1) is 16.8 Å². The molecule has 0 saturated carbocycles. The molecule has 4 heterocycles. The highest BCUT2D eigenvalue weighted by Crippen LogP contribution is 2.51. The maximum atomic E-state index is 7.06. The fraction of sp³-hybridized carbons (Fsp3) is 0.478. The predicted molar refractivity (Wildman–Crippen MR) is 123 cm³/mol. The third-order valence-corrected chi connectivity index (χ3v) is 8.11. The van der Waals surface area contributed by atoms with Gasteiger partial charge in [-0.05, 0) is 55.5 Å². The Morgan fingerprint density at radius 3 is 2.72 bits per heavy atom. The molecule has 4 nitrogen and oxygen atoms in total. The van der Waals surface area contributed by atoms with Crippen molar-refractivity contribution in [1.82, 2.24) is 9.88 Å². The summed E-state index contributed by atoms with van der Waals surface area (Å²) >= 11 is 8.93. The number of halogens is 1. The van der Waals surface area contributed by atoms with Gasteiger partial charge in [0.2, 0.25) is 0 Å². The molecule has 3 aliphatic rings. The summed E-state index contributed by atoms with van der Waals surface area (Å²) in [4.78, 5) is 14.8. The fourth-order valence-electron chi connectivity index (χ4n) is 4.91. The van der Waals surface area contributed by atoms with Crippen molar-refractivity contribution in [2.24, 2.45) is 4.99 Å². The molecule has 2 aromatic rings. The minimum atomic E-state index is -0.0115. The summed E-state index contributed by atoms with van der Waals surface area (Å²) in [7, 11) is 0. The Morgan fingerprint density at radius 2 is 2.00 bits per heavy atom. The Hall–Kier alpha value is -1.72. The summed E-state index contributed by atoms with van der Waals surface area (Å²) in [5.74, 6) is 1.10. The molecule has 0 aliphatic carbocycles. The van der Waals surface area contributed by atoms with Crippen LogP contribution in [0.25, 0.3) is 0 Å². The van der Waals surface area contributed by atoms with Crippen LogP contribution in [0, 0.1) is 6.92 Å². The van der Waals surface area contributed by atoms with Crippen LogP contribution in [-0.4, -0.2) is 39.9 Å². The lowest BCUT2D eigenvalue weighted by Crippen LogP contribution is -2.35. The fourth-order valence-corrected chi connectivity index (χ4v) is 6.52. The highest BCUT2D eigenvalue weighted by Gasteiger charge is 2.46. The number of aromatic nitrogens is 1. The van der Waals surface area contributed by atoms with Crippen molar-refractivity contribution in [2.75, 3.05) is 23.7 Å². The Kier molecular flexibility index (Phi) is 5.21. The van der Waals surface area contributed by atoms with E-state index in [1.807, 2.05) is 24.0 Å². The van der Waals surface area contributed by atoms with E-state index in [2.05, 4.69) is 52.9 Å². The number of fused-ring (bicyclic) bond motifs is 1. The molecule has 1 aromatic carbocycles. The van der Waals surface area contributed by atoms with Crippen molar-refractivity contribution in [3.8, 4) is 0 Å². The third-order valence-electron chi connectivity index (χ3n) is 6.48. The lowest BCUT2D eigenvalue weighted by atomic mass is 9.93. The molecule has 0 N–H and O–H groups in total. The van der Waals surface area contributed by atoms with E-state index in [1.54, 1.807) is 0 Å². The number of pyridine rings is 1. The quantitative estimate of drug-likeness (QED) is 0.634. The van der Waals surface area contributed by atoms with E-state index < -0.39 is 0 Å². The molecule has 6 heteroatoms. The van der Waals surface area contributed by atoms with Crippen molar-refractivity contribution in [3.05, 3.63) is 58.4 Å². The van der Waals surface area contributed by atoms with Crippen molar-refractivity contribution < 1.29 is 0 Å². The molecule has 0 amide bonds. The minimum absolute atomic E-state index is 0.0115. The van der Waals surface area contributed by atoms with Gasteiger partial charge in [-0.1, -0.05) is 42.4 Å². The molecule has 1 aromatic heterocycles. The summed E-state index contributed by atoms with van der Waals surface area (Å²) in [6.45, 7) is 6.69. The van der Waals surface area contributed by atoms with Crippen molar-refractivity contribution >= 4 is 34.2 Å². The first-order chi connectivity index (χ1) is 14.2. The summed E-state index contributed by atoms with van der Waals surface area (Å²) in [6, 6.07) is 11.2. The van der Waals surface area contributed by atoms with Crippen molar-refractivity contribution in [3.63, 3.8) is 0 Å². The molecule has 152 valence electrons. The van der Waals surface area contributed by atoms with Crippen LogP contribution >= 0.6 is 23.4 Å². The van der Waals surface area contributed by atoms with Crippen LogP contribution in [0.5, 0.6) is 0 Å². The Morgan fingerprint density at radius 1 is 1.17 bits per heavy atom. The lowest BCUT2D eigenvalue weighted by molar-refractivity contribution is 0.255. The predicted octanol–water partition coefficient (Wildman–Crippen LogP) is 5.62. The summed E-state index contributed by atoms with van der Waals surface area (Å²) < 4.78 is 0. The second kappa shape index (κ2) is 7.84. The average molecular weight is 427 g/mol. The van der Waals surface area contributed by atoms with Crippen LogP contribution in [0.15, 0.2) is 41.5 Å². The number of anilines is 1. The van der Waals surface area contributed by atoms with E-state index in [1.165, 1.54) is 29.7 Å². The van der Waals surface area contributed by atoms with Gasteiger partial charge in [0, 0.05) is 36.8 Å². The number of thioether (sulfide) groups is 1. The van der Waals surface area contributed by atoms with Crippen molar-refractivity contribution in [2.45, 2.75) is 51.2 Å². The molecule has 29 heavy (non-hydrogen) atoms. The number of hydrogen-bond acceptors (Lipinski definition) is 5. The molecule has 3 unspecified atom stereocenters. The molecule has 3 aliphatic heterocycles. The van der Waals surface area contributed by atoms with E-state index >= 15 is 0 Å². The zero-order chi connectivity index (χ0) is 20.0. The first-order valence-corrected chi connectivity index (χ1v) is 12.0. The standard InChI is InChI=1S/C23H27ClN4S/c1-3-16-14-29-23-26-21(18-8-4-5-11-25-18)22(28(16)23)17-9-10-19(15(2)20(17)24)27-12-6-7-13-27/h4-5,8-11,16,21-22H,3,6-7,12-14H2,1-2H3. The van der Waals surface area contributed by atoms with Crippen LogP contribution in [0.2, 0.25) is 5.02 Å². The van der Waals surface area contributed by atoms with Gasteiger partial charge in [-0.3, -0.25) is 9.98 Å². The molecular formula is C23H27ClN4S. The van der Waals surface area contributed by atoms with Crippen LogP contribution in [-0.2, 0) is 0 Å². The highest BCUT2D eigenvalue weighted by atomic mass is 35.5. The normalized spacial score (nSPS) is 26.2. The van der Waals surface area contributed by atoms with Crippen molar-refractivity contribution in [1.29, 1.82) is 0 Å². The summed E-state index contributed by atoms with van der Waals surface area (Å²) in [5.41, 5.74) is 4.68. The topological polar surface area (TPSA) is 31.7 Å². The van der Waals surface area contributed by atoms with Crippen LogP contribution in [0.4, 0.5) is 5.69 Å². The first kappa shape index (κ1) is 19.3. The van der Waals surface area contributed by atoms with Gasteiger partial charge >= 0.3 is 0 Å². The molecule has 0 spiro atoms. The summed E-state index contributed by atoms with van der Waals surface area (Å²) in [5, 5.41) is 2.04. The largest absolute Gasteiger partial charge is 0.371 e. The van der Waals surface area contributed by atoms with Gasteiger partial charge in [-0.2, -0.15) is 0 Å². The second-order valence-corrected chi connectivity index (χ2v) is 9.51. The lowest BCUT2D eigenvalue weighted by Gasteiger charge is -2.33. The van der Waals surface area contributed by atoms with Crippen LogP contribution in [0.1, 0.15) is 55.1 Å². The monoisotopic (exact) mass is 426 g/mol.